The van der Waals surface area contributed by atoms with Gasteiger partial charge in [0.1, 0.15) is 0 Å². The lowest BCUT2D eigenvalue weighted by Crippen LogP contribution is -2.34. The van der Waals surface area contributed by atoms with Crippen LogP contribution in [-0.4, -0.2) is 18.5 Å². The molecule has 18 heavy (non-hydrogen) atoms. The first kappa shape index (κ1) is 14.7. The van der Waals surface area contributed by atoms with Crippen LogP contribution in [0.25, 0.3) is 0 Å². The lowest BCUT2D eigenvalue weighted by Gasteiger charge is -2.15. The van der Waals surface area contributed by atoms with Gasteiger partial charge in [0, 0.05) is 11.7 Å². The Hall–Kier alpha value is -1.35. The summed E-state index contributed by atoms with van der Waals surface area (Å²) in [6.07, 6.45) is 1.95. The molecule has 0 spiro atoms. The molecule has 3 heteroatoms. The molecule has 0 aliphatic heterocycles. The highest BCUT2D eigenvalue weighted by atomic mass is 16.1. The van der Waals surface area contributed by atoms with Crippen molar-refractivity contribution >= 4 is 11.6 Å². The molecule has 1 rings (SSSR count). The molecule has 0 saturated heterocycles. The second-order valence-electron chi connectivity index (χ2n) is 4.70. The Morgan fingerprint density at radius 2 is 2.06 bits per heavy atom. The van der Waals surface area contributed by atoms with Crippen LogP contribution in [0.5, 0.6) is 0 Å². The molecule has 100 valence electrons. The van der Waals surface area contributed by atoms with Crippen LogP contribution in [0.1, 0.15) is 38.3 Å². The second-order valence-corrected chi connectivity index (χ2v) is 4.70. The molecule has 0 radical (unpaired) electrons. The maximum atomic E-state index is 11.9. The number of rotatable bonds is 6. The van der Waals surface area contributed by atoms with Gasteiger partial charge in [0.15, 0.2) is 0 Å². The minimum Gasteiger partial charge on any atom is -0.324 e. The lowest BCUT2D eigenvalue weighted by molar-refractivity contribution is -0.115. The molecular formula is C15H24N2O. The zero-order valence-electron chi connectivity index (χ0n) is 11.8. The number of para-hydroxylation sites is 1. The fourth-order valence-corrected chi connectivity index (χ4v) is 1.80. The van der Waals surface area contributed by atoms with Crippen LogP contribution in [0.2, 0.25) is 0 Å². The molecular weight excluding hydrogens is 224 g/mol. The molecule has 1 atom stereocenters. The van der Waals surface area contributed by atoms with Crippen molar-refractivity contribution in [2.45, 2.75) is 46.6 Å². The maximum Gasteiger partial charge on any atom is 0.238 e. The molecule has 0 saturated carbocycles. The van der Waals surface area contributed by atoms with Crippen molar-refractivity contribution in [3.05, 3.63) is 29.3 Å². The molecule has 3 nitrogen and oxygen atoms in total. The van der Waals surface area contributed by atoms with Crippen LogP contribution in [0.3, 0.4) is 0 Å². The predicted octanol–water partition coefficient (Wildman–Crippen LogP) is 2.88. The van der Waals surface area contributed by atoms with Crippen LogP contribution in [0.15, 0.2) is 18.2 Å². The number of benzene rings is 1. The number of aryl methyl sites for hydroxylation is 2. The van der Waals surface area contributed by atoms with Gasteiger partial charge >= 0.3 is 0 Å². The summed E-state index contributed by atoms with van der Waals surface area (Å²) in [4.78, 5) is 11.9. The van der Waals surface area contributed by atoms with Crippen molar-refractivity contribution in [3.63, 3.8) is 0 Å². The molecule has 0 aromatic heterocycles. The summed E-state index contributed by atoms with van der Waals surface area (Å²) in [6, 6.07) is 6.49. The number of anilines is 1. The molecule has 1 aromatic rings. The molecule has 0 aliphatic carbocycles. The average Bonchev–Trinajstić information content (AvgIpc) is 2.38. The van der Waals surface area contributed by atoms with Gasteiger partial charge in [-0.2, -0.15) is 0 Å². The predicted molar refractivity (Wildman–Crippen MR) is 76.9 cm³/mol. The van der Waals surface area contributed by atoms with Crippen molar-refractivity contribution in [1.29, 1.82) is 0 Å². The highest BCUT2D eigenvalue weighted by Gasteiger charge is 2.09. The van der Waals surface area contributed by atoms with Gasteiger partial charge in [-0.1, -0.05) is 32.0 Å². The second kappa shape index (κ2) is 7.17. The molecule has 1 aromatic carbocycles. The number of amides is 1. The van der Waals surface area contributed by atoms with Crippen molar-refractivity contribution in [2.75, 3.05) is 11.9 Å². The molecule has 0 aliphatic rings. The number of hydrogen-bond donors (Lipinski definition) is 2. The Bertz CT molecular complexity index is 401. The van der Waals surface area contributed by atoms with Crippen molar-refractivity contribution in [3.8, 4) is 0 Å². The van der Waals surface area contributed by atoms with E-state index in [1.54, 1.807) is 0 Å². The standard InChI is InChI=1S/C15H24N2O/c1-5-12(4)16-10-14(18)17-15-11(3)8-7-9-13(15)6-2/h7-9,12,16H,5-6,10H2,1-4H3,(H,17,18). The molecule has 0 bridgehead atoms. The zero-order chi connectivity index (χ0) is 13.5. The van der Waals surface area contributed by atoms with E-state index in [4.69, 9.17) is 0 Å². The zero-order valence-corrected chi connectivity index (χ0v) is 11.8. The summed E-state index contributed by atoms with van der Waals surface area (Å²) in [7, 11) is 0. The highest BCUT2D eigenvalue weighted by molar-refractivity contribution is 5.93. The minimum atomic E-state index is 0.0271. The third-order valence-electron chi connectivity index (χ3n) is 3.23. The molecule has 1 unspecified atom stereocenters. The van der Waals surface area contributed by atoms with Crippen LogP contribution in [0.4, 0.5) is 5.69 Å². The number of carbonyl (C=O) groups is 1. The largest absolute Gasteiger partial charge is 0.324 e. The average molecular weight is 248 g/mol. The Kier molecular flexibility index (Phi) is 5.86. The Labute approximate surface area is 110 Å². The van der Waals surface area contributed by atoms with Gasteiger partial charge in [0.05, 0.1) is 6.54 Å². The first-order valence-corrected chi connectivity index (χ1v) is 6.70. The molecule has 1 amide bonds. The van der Waals surface area contributed by atoms with Gasteiger partial charge in [0.25, 0.3) is 0 Å². The first-order chi connectivity index (χ1) is 8.58. The van der Waals surface area contributed by atoms with E-state index in [1.165, 1.54) is 5.56 Å². The third kappa shape index (κ3) is 4.15. The normalized spacial score (nSPS) is 12.2. The van der Waals surface area contributed by atoms with E-state index >= 15 is 0 Å². The third-order valence-corrected chi connectivity index (χ3v) is 3.23. The first-order valence-electron chi connectivity index (χ1n) is 6.70. The van der Waals surface area contributed by atoms with Gasteiger partial charge < -0.3 is 10.6 Å². The molecule has 0 heterocycles. The Morgan fingerprint density at radius 3 is 2.67 bits per heavy atom. The number of carbonyl (C=O) groups excluding carboxylic acids is 1. The quantitative estimate of drug-likeness (QED) is 0.812. The Balaban J connectivity index is 2.64. The monoisotopic (exact) mass is 248 g/mol. The summed E-state index contributed by atoms with van der Waals surface area (Å²) in [5.74, 6) is 0.0271. The summed E-state index contributed by atoms with van der Waals surface area (Å²) < 4.78 is 0. The van der Waals surface area contributed by atoms with Crippen LogP contribution in [0, 0.1) is 6.92 Å². The fraction of sp³-hybridized carbons (Fsp3) is 0.533. The summed E-state index contributed by atoms with van der Waals surface area (Å²) in [5, 5.41) is 6.20. The van der Waals surface area contributed by atoms with Crippen molar-refractivity contribution < 1.29 is 4.79 Å². The SMILES string of the molecule is CCc1cccc(C)c1NC(=O)CNC(C)CC. The van der Waals surface area contributed by atoms with E-state index < -0.39 is 0 Å². The Morgan fingerprint density at radius 1 is 1.33 bits per heavy atom. The number of nitrogens with one attached hydrogen (secondary N) is 2. The smallest absolute Gasteiger partial charge is 0.238 e. The van der Waals surface area contributed by atoms with Crippen molar-refractivity contribution in [1.82, 2.24) is 5.32 Å². The van der Waals surface area contributed by atoms with Gasteiger partial charge in [0.2, 0.25) is 5.91 Å². The summed E-state index contributed by atoms with van der Waals surface area (Å²) >= 11 is 0. The van der Waals surface area contributed by atoms with E-state index in [9.17, 15) is 4.79 Å². The van der Waals surface area contributed by atoms with Gasteiger partial charge in [-0.15, -0.1) is 0 Å². The number of hydrogen-bond acceptors (Lipinski definition) is 2. The van der Waals surface area contributed by atoms with Gasteiger partial charge in [-0.05, 0) is 37.8 Å². The van der Waals surface area contributed by atoms with E-state index in [0.29, 0.717) is 12.6 Å². The highest BCUT2D eigenvalue weighted by Crippen LogP contribution is 2.20. The lowest BCUT2D eigenvalue weighted by atomic mass is 10.1. The van der Waals surface area contributed by atoms with Gasteiger partial charge in [-0.25, -0.2) is 0 Å². The van der Waals surface area contributed by atoms with E-state index in [2.05, 4.69) is 37.5 Å². The topological polar surface area (TPSA) is 41.1 Å². The van der Waals surface area contributed by atoms with E-state index in [1.807, 2.05) is 19.1 Å². The van der Waals surface area contributed by atoms with E-state index in [0.717, 1.165) is 24.1 Å². The van der Waals surface area contributed by atoms with E-state index in [-0.39, 0.29) is 5.91 Å². The van der Waals surface area contributed by atoms with Crippen LogP contribution in [-0.2, 0) is 11.2 Å². The molecule has 0 fully saturated rings. The van der Waals surface area contributed by atoms with Crippen LogP contribution >= 0.6 is 0 Å². The minimum absolute atomic E-state index is 0.0271. The van der Waals surface area contributed by atoms with Crippen molar-refractivity contribution in [2.24, 2.45) is 0 Å². The molecule has 2 N–H and O–H groups in total. The van der Waals surface area contributed by atoms with Crippen LogP contribution < -0.4 is 10.6 Å². The summed E-state index contributed by atoms with van der Waals surface area (Å²) in [6.45, 7) is 8.68. The van der Waals surface area contributed by atoms with Gasteiger partial charge in [-0.3, -0.25) is 4.79 Å². The summed E-state index contributed by atoms with van der Waals surface area (Å²) in [5.41, 5.74) is 3.27. The maximum absolute atomic E-state index is 11.9. The fourth-order valence-electron chi connectivity index (χ4n) is 1.80.